The molecule has 0 bridgehead atoms. The van der Waals surface area contributed by atoms with Crippen molar-refractivity contribution in [3.63, 3.8) is 0 Å². The van der Waals surface area contributed by atoms with Crippen LogP contribution in [0.3, 0.4) is 0 Å². The number of anilines is 1. The molecule has 0 aliphatic heterocycles. The quantitative estimate of drug-likeness (QED) is 0.843. The summed E-state index contributed by atoms with van der Waals surface area (Å²) in [6, 6.07) is 7.02. The molecule has 1 aromatic carbocycles. The summed E-state index contributed by atoms with van der Waals surface area (Å²) >= 11 is 0. The van der Waals surface area contributed by atoms with Gasteiger partial charge in [-0.05, 0) is 38.1 Å². The zero-order chi connectivity index (χ0) is 16.3. The number of esters is 1. The van der Waals surface area contributed by atoms with E-state index >= 15 is 0 Å². The van der Waals surface area contributed by atoms with E-state index in [1.165, 1.54) is 0 Å². The van der Waals surface area contributed by atoms with Crippen molar-refractivity contribution in [2.24, 2.45) is 10.8 Å². The third-order valence-electron chi connectivity index (χ3n) is 3.27. The molecule has 116 valence electrons. The van der Waals surface area contributed by atoms with Gasteiger partial charge in [-0.1, -0.05) is 20.8 Å². The maximum atomic E-state index is 12.3. The maximum Gasteiger partial charge on any atom is 0.338 e. The molecule has 0 saturated heterocycles. The Morgan fingerprint density at radius 2 is 1.57 bits per heavy atom. The molecular weight excluding hydrogens is 266 g/mol. The Kier molecular flexibility index (Phi) is 5.15. The average molecular weight is 291 g/mol. The molecule has 0 amide bonds. The van der Waals surface area contributed by atoms with Crippen LogP contribution in [0.15, 0.2) is 24.3 Å². The molecule has 1 rings (SSSR count). The predicted molar refractivity (Wildman–Crippen MR) is 84.5 cm³/mol. The van der Waals surface area contributed by atoms with Crippen LogP contribution in [0.5, 0.6) is 0 Å². The lowest BCUT2D eigenvalue weighted by molar-refractivity contribution is -0.137. The van der Waals surface area contributed by atoms with E-state index in [-0.39, 0.29) is 12.4 Å². The van der Waals surface area contributed by atoms with Gasteiger partial charge in [0.15, 0.2) is 0 Å². The first-order valence-corrected chi connectivity index (χ1v) is 7.08. The van der Waals surface area contributed by atoms with Crippen LogP contribution in [0, 0.1) is 10.8 Å². The summed E-state index contributed by atoms with van der Waals surface area (Å²) in [6.45, 7) is 9.30. The molecule has 0 unspecified atom stereocenters. The number of benzene rings is 1. The van der Waals surface area contributed by atoms with E-state index in [4.69, 9.17) is 4.74 Å². The Morgan fingerprint density at radius 1 is 1.05 bits per heavy atom. The van der Waals surface area contributed by atoms with Crippen LogP contribution < -0.4 is 5.32 Å². The molecular formula is C17H25NO3. The van der Waals surface area contributed by atoms with Gasteiger partial charge >= 0.3 is 5.97 Å². The van der Waals surface area contributed by atoms with Gasteiger partial charge in [-0.2, -0.15) is 0 Å². The van der Waals surface area contributed by atoms with Crippen molar-refractivity contribution in [2.75, 3.05) is 19.0 Å². The normalized spacial score (nSPS) is 11.9. The van der Waals surface area contributed by atoms with Gasteiger partial charge in [0.1, 0.15) is 12.4 Å². The van der Waals surface area contributed by atoms with Crippen LogP contribution >= 0.6 is 0 Å². The van der Waals surface area contributed by atoms with Gasteiger partial charge in [0.25, 0.3) is 0 Å². The highest BCUT2D eigenvalue weighted by Crippen LogP contribution is 2.29. The molecule has 4 nitrogen and oxygen atoms in total. The summed E-state index contributed by atoms with van der Waals surface area (Å²) in [4.78, 5) is 24.3. The smallest absolute Gasteiger partial charge is 0.338 e. The van der Waals surface area contributed by atoms with Gasteiger partial charge in [-0.25, -0.2) is 4.79 Å². The highest BCUT2D eigenvalue weighted by atomic mass is 16.5. The molecule has 1 aromatic rings. The van der Waals surface area contributed by atoms with Gasteiger partial charge in [-0.15, -0.1) is 0 Å². The molecule has 0 atom stereocenters. The van der Waals surface area contributed by atoms with Crippen molar-refractivity contribution < 1.29 is 14.3 Å². The molecule has 0 fully saturated rings. The van der Waals surface area contributed by atoms with E-state index in [0.29, 0.717) is 5.56 Å². The molecule has 0 radical (unpaired) electrons. The minimum absolute atomic E-state index is 0.0772. The van der Waals surface area contributed by atoms with Crippen molar-refractivity contribution in [1.82, 2.24) is 0 Å². The fourth-order valence-corrected chi connectivity index (χ4v) is 2.18. The number of ether oxygens (including phenoxy) is 1. The second kappa shape index (κ2) is 6.29. The summed E-state index contributed by atoms with van der Waals surface area (Å²) < 4.78 is 5.30. The fourth-order valence-electron chi connectivity index (χ4n) is 2.18. The summed E-state index contributed by atoms with van der Waals surface area (Å²) in [5, 5.41) is 2.98. The van der Waals surface area contributed by atoms with E-state index in [1.54, 1.807) is 26.0 Å². The van der Waals surface area contributed by atoms with E-state index < -0.39 is 16.8 Å². The molecule has 0 aliphatic carbocycles. The Bertz CT molecular complexity index is 510. The van der Waals surface area contributed by atoms with Crippen LogP contribution in [-0.4, -0.2) is 25.4 Å². The maximum absolute atomic E-state index is 12.3. The molecule has 0 saturated carbocycles. The molecule has 0 heterocycles. The van der Waals surface area contributed by atoms with Crippen LogP contribution in [0.25, 0.3) is 0 Å². The predicted octanol–water partition coefficient (Wildman–Crippen LogP) is 3.53. The number of hydrogen-bond acceptors (Lipinski definition) is 4. The SMILES string of the molecule is CNc1ccc(C(=O)OCC(C)(C)C(=O)C(C)(C)C)cc1. The number of Topliss-reactive ketones (excluding diaryl/α,β-unsaturated/α-hetero) is 1. The first-order chi connectivity index (χ1) is 9.58. The lowest BCUT2D eigenvalue weighted by Crippen LogP contribution is -2.38. The summed E-state index contributed by atoms with van der Waals surface area (Å²) in [5.41, 5.74) is 0.256. The molecule has 4 heteroatoms. The molecule has 1 N–H and O–H groups in total. The minimum atomic E-state index is -0.696. The number of hydrogen-bond donors (Lipinski definition) is 1. The average Bonchev–Trinajstić information content (AvgIpc) is 2.43. The zero-order valence-electron chi connectivity index (χ0n) is 13.7. The number of nitrogens with one attached hydrogen (secondary N) is 1. The summed E-state index contributed by atoms with van der Waals surface area (Å²) in [6.07, 6.45) is 0. The van der Waals surface area contributed by atoms with Crippen LogP contribution in [0.2, 0.25) is 0 Å². The number of ketones is 1. The van der Waals surface area contributed by atoms with Crippen molar-refractivity contribution in [3.05, 3.63) is 29.8 Å². The first-order valence-electron chi connectivity index (χ1n) is 7.08. The highest BCUT2D eigenvalue weighted by Gasteiger charge is 2.37. The molecule has 0 aromatic heterocycles. The Balaban J connectivity index is 2.69. The second-order valence-corrected chi connectivity index (χ2v) is 6.87. The topological polar surface area (TPSA) is 55.4 Å². The first kappa shape index (κ1) is 17.2. The van der Waals surface area contributed by atoms with Crippen molar-refractivity contribution >= 4 is 17.4 Å². The lowest BCUT2D eigenvalue weighted by Gasteiger charge is -2.30. The van der Waals surface area contributed by atoms with Gasteiger partial charge in [0.2, 0.25) is 0 Å². The van der Waals surface area contributed by atoms with E-state index in [2.05, 4.69) is 5.32 Å². The van der Waals surface area contributed by atoms with E-state index in [0.717, 1.165) is 5.69 Å². The van der Waals surface area contributed by atoms with Crippen LogP contribution in [0.1, 0.15) is 45.0 Å². The fraction of sp³-hybridized carbons (Fsp3) is 0.529. The van der Waals surface area contributed by atoms with Gasteiger partial charge in [0.05, 0.1) is 11.0 Å². The number of carbonyl (C=O) groups is 2. The zero-order valence-corrected chi connectivity index (χ0v) is 13.7. The standard InChI is InChI=1S/C17H25NO3/c1-16(2,3)15(20)17(4,5)11-21-14(19)12-7-9-13(18-6)10-8-12/h7-10,18H,11H2,1-6H3. The van der Waals surface area contributed by atoms with Gasteiger partial charge < -0.3 is 10.1 Å². The minimum Gasteiger partial charge on any atom is -0.461 e. The molecule has 21 heavy (non-hydrogen) atoms. The molecule has 0 aliphatic rings. The van der Waals surface area contributed by atoms with Gasteiger partial charge in [-0.3, -0.25) is 4.79 Å². The van der Waals surface area contributed by atoms with Crippen LogP contribution in [0.4, 0.5) is 5.69 Å². The van der Waals surface area contributed by atoms with E-state index in [1.807, 2.05) is 40.0 Å². The summed E-state index contributed by atoms with van der Waals surface area (Å²) in [5.74, 6) is -0.333. The third-order valence-corrected chi connectivity index (χ3v) is 3.27. The van der Waals surface area contributed by atoms with E-state index in [9.17, 15) is 9.59 Å². The van der Waals surface area contributed by atoms with Gasteiger partial charge in [0, 0.05) is 18.2 Å². The Morgan fingerprint density at radius 3 is 2.00 bits per heavy atom. The summed E-state index contributed by atoms with van der Waals surface area (Å²) in [7, 11) is 1.81. The van der Waals surface area contributed by atoms with Crippen molar-refractivity contribution in [3.8, 4) is 0 Å². The van der Waals surface area contributed by atoms with Crippen molar-refractivity contribution in [1.29, 1.82) is 0 Å². The monoisotopic (exact) mass is 291 g/mol. The Hall–Kier alpha value is -1.84. The highest BCUT2D eigenvalue weighted by molar-refractivity contribution is 5.91. The third kappa shape index (κ3) is 4.59. The number of carbonyl (C=O) groups excluding carboxylic acids is 2. The molecule has 0 spiro atoms. The number of rotatable bonds is 5. The Labute approximate surface area is 126 Å². The largest absolute Gasteiger partial charge is 0.461 e. The second-order valence-electron chi connectivity index (χ2n) is 6.87. The lowest BCUT2D eigenvalue weighted by atomic mass is 9.75. The van der Waals surface area contributed by atoms with Crippen molar-refractivity contribution in [2.45, 2.75) is 34.6 Å². The van der Waals surface area contributed by atoms with Crippen LogP contribution in [-0.2, 0) is 9.53 Å².